The van der Waals surface area contributed by atoms with E-state index in [1.807, 2.05) is 6.07 Å². The Morgan fingerprint density at radius 3 is 3.08 bits per heavy atom. The van der Waals surface area contributed by atoms with Gasteiger partial charge in [-0.15, -0.1) is 0 Å². The summed E-state index contributed by atoms with van der Waals surface area (Å²) in [6, 6.07) is 3.57. The van der Waals surface area contributed by atoms with Crippen LogP contribution in [0.4, 0.5) is 0 Å². The van der Waals surface area contributed by atoms with Crippen LogP contribution >= 0.6 is 0 Å². The fraction of sp³-hybridized carbons (Fsp3) is 0.111. The minimum atomic E-state index is 0.133. The van der Waals surface area contributed by atoms with E-state index >= 15 is 0 Å². The number of hydrogen-bond acceptors (Lipinski definition) is 3. The van der Waals surface area contributed by atoms with Gasteiger partial charge in [0.1, 0.15) is 5.75 Å². The predicted octanol–water partition coefficient (Wildman–Crippen LogP) is 1.71. The average Bonchev–Trinajstić information content (AvgIpc) is 2.05. The molecule has 0 aliphatic carbocycles. The fourth-order valence-corrected chi connectivity index (χ4v) is 0.784. The van der Waals surface area contributed by atoms with Gasteiger partial charge in [-0.05, 0) is 11.6 Å². The van der Waals surface area contributed by atoms with E-state index in [1.165, 1.54) is 6.20 Å². The van der Waals surface area contributed by atoms with Gasteiger partial charge in [-0.1, -0.05) is 12.2 Å². The zero-order valence-electron chi connectivity index (χ0n) is 6.44. The molecule has 1 heterocycles. The summed E-state index contributed by atoms with van der Waals surface area (Å²) in [6.45, 7) is 0. The van der Waals surface area contributed by atoms with Crippen molar-refractivity contribution in [1.82, 2.24) is 4.98 Å². The van der Waals surface area contributed by atoms with E-state index in [9.17, 15) is 0 Å². The number of pyridine rings is 1. The number of hydrogen-bond donors (Lipinski definition) is 1. The standard InChI is InChI=1S/C9H8N2O/c10-4-2-1-3-8-5-9(12)7-11-6-8/h1,3,5-7,12H,2H2. The van der Waals surface area contributed by atoms with Gasteiger partial charge in [0, 0.05) is 6.20 Å². The SMILES string of the molecule is N#CCC=Cc1cncc(O)c1. The molecule has 1 aromatic heterocycles. The number of aromatic hydroxyl groups is 1. The Balaban J connectivity index is 2.71. The van der Waals surface area contributed by atoms with E-state index < -0.39 is 0 Å². The first-order valence-corrected chi connectivity index (χ1v) is 3.50. The lowest BCUT2D eigenvalue weighted by molar-refractivity contribution is 0.472. The van der Waals surface area contributed by atoms with Crippen LogP contribution in [0.3, 0.4) is 0 Å². The molecule has 1 aromatic rings. The molecule has 60 valence electrons. The second-order valence-electron chi connectivity index (χ2n) is 2.24. The molecule has 1 rings (SSSR count). The normalized spacial score (nSPS) is 9.92. The Bertz CT molecular complexity index is 326. The largest absolute Gasteiger partial charge is 0.506 e. The maximum absolute atomic E-state index is 9.01. The molecular formula is C9H8N2O. The molecule has 0 saturated heterocycles. The van der Waals surface area contributed by atoms with Crippen LogP contribution in [0.25, 0.3) is 6.08 Å². The van der Waals surface area contributed by atoms with Crippen molar-refractivity contribution in [2.75, 3.05) is 0 Å². The summed E-state index contributed by atoms with van der Waals surface area (Å²) in [5.74, 6) is 0.133. The molecule has 12 heavy (non-hydrogen) atoms. The van der Waals surface area contributed by atoms with Crippen molar-refractivity contribution in [2.24, 2.45) is 0 Å². The van der Waals surface area contributed by atoms with Gasteiger partial charge >= 0.3 is 0 Å². The topological polar surface area (TPSA) is 56.9 Å². The predicted molar refractivity (Wildman–Crippen MR) is 45.2 cm³/mol. The molecule has 1 N–H and O–H groups in total. The van der Waals surface area contributed by atoms with Gasteiger partial charge in [-0.3, -0.25) is 4.98 Å². The molecule has 3 heteroatoms. The van der Waals surface area contributed by atoms with E-state index in [4.69, 9.17) is 10.4 Å². The van der Waals surface area contributed by atoms with Gasteiger partial charge in [0.15, 0.2) is 0 Å². The van der Waals surface area contributed by atoms with Crippen molar-refractivity contribution >= 4 is 6.08 Å². The molecule has 0 spiro atoms. The van der Waals surface area contributed by atoms with Crippen molar-refractivity contribution in [3.05, 3.63) is 30.1 Å². The highest BCUT2D eigenvalue weighted by atomic mass is 16.3. The summed E-state index contributed by atoms with van der Waals surface area (Å²) in [5, 5.41) is 17.2. The average molecular weight is 160 g/mol. The van der Waals surface area contributed by atoms with E-state index in [-0.39, 0.29) is 5.75 Å². The van der Waals surface area contributed by atoms with Gasteiger partial charge in [0.2, 0.25) is 0 Å². The third-order valence-electron chi connectivity index (χ3n) is 1.26. The highest BCUT2D eigenvalue weighted by molar-refractivity contribution is 5.49. The number of aromatic nitrogens is 1. The minimum absolute atomic E-state index is 0.133. The first kappa shape index (κ1) is 8.28. The summed E-state index contributed by atoms with van der Waals surface area (Å²) in [7, 11) is 0. The van der Waals surface area contributed by atoms with Crippen molar-refractivity contribution in [1.29, 1.82) is 5.26 Å². The van der Waals surface area contributed by atoms with E-state index in [0.29, 0.717) is 6.42 Å². The Kier molecular flexibility index (Phi) is 2.86. The van der Waals surface area contributed by atoms with Crippen LogP contribution < -0.4 is 0 Å². The van der Waals surface area contributed by atoms with E-state index in [2.05, 4.69) is 4.98 Å². The first-order chi connectivity index (χ1) is 5.83. The zero-order chi connectivity index (χ0) is 8.81. The molecule has 0 aliphatic rings. The lowest BCUT2D eigenvalue weighted by atomic mass is 10.2. The van der Waals surface area contributed by atoms with Gasteiger partial charge in [0.25, 0.3) is 0 Å². The Labute approximate surface area is 70.6 Å². The monoisotopic (exact) mass is 160 g/mol. The third-order valence-corrected chi connectivity index (χ3v) is 1.26. The summed E-state index contributed by atoms with van der Waals surface area (Å²) >= 11 is 0. The van der Waals surface area contributed by atoms with Crippen LogP contribution in [0, 0.1) is 11.3 Å². The van der Waals surface area contributed by atoms with E-state index in [1.54, 1.807) is 24.4 Å². The molecule has 0 bridgehead atoms. The first-order valence-electron chi connectivity index (χ1n) is 3.50. The Morgan fingerprint density at radius 2 is 2.42 bits per heavy atom. The Morgan fingerprint density at radius 1 is 1.58 bits per heavy atom. The second kappa shape index (κ2) is 4.14. The van der Waals surface area contributed by atoms with Gasteiger partial charge in [-0.2, -0.15) is 5.26 Å². The number of nitriles is 1. The fourth-order valence-electron chi connectivity index (χ4n) is 0.784. The van der Waals surface area contributed by atoms with Crippen LogP contribution in [0.2, 0.25) is 0 Å². The van der Waals surface area contributed by atoms with Crippen molar-refractivity contribution < 1.29 is 5.11 Å². The van der Waals surface area contributed by atoms with Crippen molar-refractivity contribution in [3.63, 3.8) is 0 Å². The number of nitrogens with zero attached hydrogens (tertiary/aromatic N) is 2. The van der Waals surface area contributed by atoms with Crippen LogP contribution in [0.5, 0.6) is 5.75 Å². The highest BCUT2D eigenvalue weighted by Crippen LogP contribution is 2.09. The number of rotatable bonds is 2. The molecule has 0 atom stereocenters. The molecule has 0 aliphatic heterocycles. The Hall–Kier alpha value is -1.82. The van der Waals surface area contributed by atoms with Crippen LogP contribution in [0.1, 0.15) is 12.0 Å². The molecule has 0 radical (unpaired) electrons. The van der Waals surface area contributed by atoms with Crippen molar-refractivity contribution in [3.8, 4) is 11.8 Å². The summed E-state index contributed by atoms with van der Waals surface area (Å²) in [5.41, 5.74) is 0.797. The minimum Gasteiger partial charge on any atom is -0.506 e. The molecule has 0 saturated carbocycles. The molecular weight excluding hydrogens is 152 g/mol. The van der Waals surface area contributed by atoms with Crippen LogP contribution in [-0.2, 0) is 0 Å². The number of allylic oxidation sites excluding steroid dienone is 1. The second-order valence-corrected chi connectivity index (χ2v) is 2.24. The lowest BCUT2D eigenvalue weighted by Crippen LogP contribution is -1.74. The quantitative estimate of drug-likeness (QED) is 0.716. The lowest BCUT2D eigenvalue weighted by Gasteiger charge is -1.92. The summed E-state index contributed by atoms with van der Waals surface area (Å²) < 4.78 is 0. The highest BCUT2D eigenvalue weighted by Gasteiger charge is 1.88. The molecule has 0 fully saturated rings. The van der Waals surface area contributed by atoms with E-state index in [0.717, 1.165) is 5.56 Å². The maximum atomic E-state index is 9.01. The molecule has 0 aromatic carbocycles. The maximum Gasteiger partial charge on any atom is 0.134 e. The van der Waals surface area contributed by atoms with Crippen LogP contribution in [0.15, 0.2) is 24.5 Å². The molecule has 3 nitrogen and oxygen atoms in total. The van der Waals surface area contributed by atoms with Gasteiger partial charge in [-0.25, -0.2) is 0 Å². The summed E-state index contributed by atoms with van der Waals surface area (Å²) in [6.07, 6.45) is 6.82. The zero-order valence-corrected chi connectivity index (χ0v) is 6.44. The van der Waals surface area contributed by atoms with Crippen LogP contribution in [-0.4, -0.2) is 10.1 Å². The molecule has 0 unspecified atom stereocenters. The van der Waals surface area contributed by atoms with Gasteiger partial charge < -0.3 is 5.11 Å². The molecule has 0 amide bonds. The van der Waals surface area contributed by atoms with Crippen molar-refractivity contribution in [2.45, 2.75) is 6.42 Å². The summed E-state index contributed by atoms with van der Waals surface area (Å²) in [4.78, 5) is 3.78. The van der Waals surface area contributed by atoms with Gasteiger partial charge in [0.05, 0.1) is 18.7 Å². The smallest absolute Gasteiger partial charge is 0.134 e. The third kappa shape index (κ3) is 2.43.